The van der Waals surface area contributed by atoms with Crippen molar-refractivity contribution in [2.45, 2.75) is 19.4 Å². The van der Waals surface area contributed by atoms with E-state index < -0.39 is 0 Å². The first-order chi connectivity index (χ1) is 13.8. The van der Waals surface area contributed by atoms with Crippen molar-refractivity contribution < 1.29 is 4.79 Å². The summed E-state index contributed by atoms with van der Waals surface area (Å²) in [5, 5.41) is 3.29. The van der Waals surface area contributed by atoms with Crippen LogP contribution in [0, 0.1) is 0 Å². The molecule has 4 heteroatoms. The van der Waals surface area contributed by atoms with Crippen molar-refractivity contribution in [1.82, 2.24) is 9.80 Å². The van der Waals surface area contributed by atoms with Gasteiger partial charge in [-0.1, -0.05) is 48.5 Å². The van der Waals surface area contributed by atoms with Crippen molar-refractivity contribution in [3.8, 4) is 0 Å². The molecule has 2 heterocycles. The van der Waals surface area contributed by atoms with Crippen molar-refractivity contribution in [3.05, 3.63) is 71.1 Å². The molecule has 0 unspecified atom stereocenters. The Labute approximate surface area is 170 Å². The number of piperazine rings is 1. The molecule has 3 aromatic rings. The van der Waals surface area contributed by atoms with Crippen LogP contribution in [0.3, 0.4) is 0 Å². The van der Waals surface area contributed by atoms with E-state index in [1.54, 1.807) is 11.3 Å². The van der Waals surface area contributed by atoms with E-state index >= 15 is 0 Å². The number of fused-ring (bicyclic) bond motifs is 1. The fourth-order valence-electron chi connectivity index (χ4n) is 3.94. The van der Waals surface area contributed by atoms with Crippen LogP contribution in [0.15, 0.2) is 60.0 Å². The highest BCUT2D eigenvalue weighted by atomic mass is 32.1. The van der Waals surface area contributed by atoms with Gasteiger partial charge in [0.25, 0.3) is 0 Å². The summed E-state index contributed by atoms with van der Waals surface area (Å²) in [7, 11) is 0. The van der Waals surface area contributed by atoms with E-state index in [0.717, 1.165) is 63.2 Å². The molecule has 0 atom stereocenters. The van der Waals surface area contributed by atoms with Crippen LogP contribution < -0.4 is 0 Å². The van der Waals surface area contributed by atoms with Gasteiger partial charge in [-0.15, -0.1) is 11.3 Å². The smallest absolute Gasteiger partial charge is 0.128 e. The van der Waals surface area contributed by atoms with Crippen LogP contribution >= 0.6 is 11.3 Å². The molecular formula is C24H26N2OS. The Kier molecular flexibility index (Phi) is 6.35. The molecule has 0 aliphatic carbocycles. The van der Waals surface area contributed by atoms with Crippen molar-refractivity contribution in [3.63, 3.8) is 0 Å². The van der Waals surface area contributed by atoms with Crippen molar-refractivity contribution in [2.75, 3.05) is 32.7 Å². The second-order valence-corrected chi connectivity index (χ2v) is 8.34. The van der Waals surface area contributed by atoms with Gasteiger partial charge in [0, 0.05) is 59.3 Å². The standard InChI is InChI=1S/C24H26N2OS/c27-18-21(23-19-28-24-11-5-4-10-22(23)24)9-6-12-25-13-15-26(16-14-25)17-20-7-2-1-3-8-20/h1-5,7-8,10-11,19H,6,9,12-17H2. The second kappa shape index (κ2) is 9.31. The average molecular weight is 391 g/mol. The Morgan fingerprint density at radius 3 is 2.43 bits per heavy atom. The van der Waals surface area contributed by atoms with Gasteiger partial charge in [-0.25, -0.2) is 4.79 Å². The Bertz CT molecular complexity index is 951. The lowest BCUT2D eigenvalue weighted by molar-refractivity contribution is 0.126. The average Bonchev–Trinajstić information content (AvgIpc) is 3.17. The third-order valence-electron chi connectivity index (χ3n) is 5.54. The largest absolute Gasteiger partial charge is 0.301 e. The molecule has 1 aliphatic heterocycles. The second-order valence-electron chi connectivity index (χ2n) is 7.43. The highest BCUT2D eigenvalue weighted by Crippen LogP contribution is 2.31. The maximum Gasteiger partial charge on any atom is 0.128 e. The molecule has 1 aromatic heterocycles. The van der Waals surface area contributed by atoms with Crippen LogP contribution in [0.4, 0.5) is 0 Å². The first kappa shape index (κ1) is 19.1. The lowest BCUT2D eigenvalue weighted by atomic mass is 10.0. The Morgan fingerprint density at radius 1 is 0.929 bits per heavy atom. The fraction of sp³-hybridized carbons (Fsp3) is 0.333. The summed E-state index contributed by atoms with van der Waals surface area (Å²) >= 11 is 1.70. The molecule has 0 amide bonds. The molecule has 0 saturated carbocycles. The van der Waals surface area contributed by atoms with Crippen LogP contribution in [0.1, 0.15) is 24.0 Å². The Morgan fingerprint density at radius 2 is 1.64 bits per heavy atom. The van der Waals surface area contributed by atoms with E-state index in [2.05, 4.69) is 63.6 Å². The first-order valence-electron chi connectivity index (χ1n) is 10.0. The molecule has 0 bridgehead atoms. The number of nitrogens with zero attached hydrogens (tertiary/aromatic N) is 2. The van der Waals surface area contributed by atoms with E-state index in [-0.39, 0.29) is 0 Å². The molecular weight excluding hydrogens is 364 g/mol. The van der Waals surface area contributed by atoms with Gasteiger partial charge < -0.3 is 4.90 Å². The first-order valence-corrected chi connectivity index (χ1v) is 10.9. The quantitative estimate of drug-likeness (QED) is 0.546. The number of hydrogen-bond donors (Lipinski definition) is 0. The van der Waals surface area contributed by atoms with Gasteiger partial charge in [-0.3, -0.25) is 4.90 Å². The number of rotatable bonds is 7. The molecule has 0 radical (unpaired) electrons. The van der Waals surface area contributed by atoms with E-state index in [9.17, 15) is 4.79 Å². The lowest BCUT2D eigenvalue weighted by Gasteiger charge is -2.34. The third kappa shape index (κ3) is 4.60. The molecule has 4 rings (SSSR count). The predicted molar refractivity (Wildman–Crippen MR) is 118 cm³/mol. The van der Waals surface area contributed by atoms with Crippen molar-refractivity contribution in [2.24, 2.45) is 0 Å². The zero-order valence-electron chi connectivity index (χ0n) is 16.1. The van der Waals surface area contributed by atoms with Crippen molar-refractivity contribution in [1.29, 1.82) is 0 Å². The third-order valence-corrected chi connectivity index (χ3v) is 6.51. The van der Waals surface area contributed by atoms with Gasteiger partial charge in [0.1, 0.15) is 5.94 Å². The zero-order valence-corrected chi connectivity index (χ0v) is 17.0. The fourth-order valence-corrected chi connectivity index (χ4v) is 4.92. The monoisotopic (exact) mass is 390 g/mol. The van der Waals surface area contributed by atoms with Crippen LogP contribution in [0.2, 0.25) is 0 Å². The molecule has 0 N–H and O–H groups in total. The molecule has 3 nitrogen and oxygen atoms in total. The van der Waals surface area contributed by atoms with Crippen LogP contribution in [-0.4, -0.2) is 48.5 Å². The number of thiophene rings is 1. The molecule has 0 spiro atoms. The molecule has 28 heavy (non-hydrogen) atoms. The molecule has 1 saturated heterocycles. The van der Waals surface area contributed by atoms with Gasteiger partial charge >= 0.3 is 0 Å². The summed E-state index contributed by atoms with van der Waals surface area (Å²) < 4.78 is 1.24. The number of hydrogen-bond acceptors (Lipinski definition) is 4. The Hall–Kier alpha value is -2.23. The maximum atomic E-state index is 11.6. The van der Waals surface area contributed by atoms with Gasteiger partial charge in [0.15, 0.2) is 0 Å². The van der Waals surface area contributed by atoms with Gasteiger partial charge in [0.05, 0.1) is 0 Å². The molecule has 1 aliphatic rings. The number of benzene rings is 2. The summed E-state index contributed by atoms with van der Waals surface area (Å²) in [6.07, 6.45) is 1.81. The van der Waals surface area contributed by atoms with Crippen LogP contribution in [0.5, 0.6) is 0 Å². The summed E-state index contributed by atoms with van der Waals surface area (Å²) in [5.74, 6) is 2.22. The topological polar surface area (TPSA) is 23.6 Å². The Balaban J connectivity index is 1.25. The predicted octanol–water partition coefficient (Wildman–Crippen LogP) is 4.71. The maximum absolute atomic E-state index is 11.6. The van der Waals surface area contributed by atoms with E-state index in [1.165, 1.54) is 15.6 Å². The number of carbonyl (C=O) groups excluding carboxylic acids is 1. The summed E-state index contributed by atoms with van der Waals surface area (Å²) in [6, 6.07) is 19.0. The van der Waals surface area contributed by atoms with E-state index in [1.807, 2.05) is 12.1 Å². The summed E-state index contributed by atoms with van der Waals surface area (Å²) in [5.41, 5.74) is 3.28. The highest BCUT2D eigenvalue weighted by Gasteiger charge is 2.17. The van der Waals surface area contributed by atoms with Gasteiger partial charge in [0.2, 0.25) is 0 Å². The van der Waals surface area contributed by atoms with Gasteiger partial charge in [-0.05, 0) is 31.0 Å². The molecule has 144 valence electrons. The van der Waals surface area contributed by atoms with E-state index in [4.69, 9.17) is 0 Å². The van der Waals surface area contributed by atoms with Crippen molar-refractivity contribution >= 4 is 32.9 Å². The highest BCUT2D eigenvalue weighted by molar-refractivity contribution is 7.17. The minimum atomic E-state index is 0.800. The molecule has 2 aromatic carbocycles. The van der Waals surface area contributed by atoms with E-state index in [0.29, 0.717) is 0 Å². The SMILES string of the molecule is O=C=C(CCCN1CCN(Cc2ccccc2)CC1)c1csc2ccccc12. The summed E-state index contributed by atoms with van der Waals surface area (Å²) in [4.78, 5) is 16.6. The normalized spacial score (nSPS) is 15.6. The zero-order chi connectivity index (χ0) is 19.2. The minimum absolute atomic E-state index is 0.800. The summed E-state index contributed by atoms with van der Waals surface area (Å²) in [6.45, 7) is 6.52. The minimum Gasteiger partial charge on any atom is -0.301 e. The lowest BCUT2D eigenvalue weighted by Crippen LogP contribution is -2.46. The molecule has 1 fully saturated rings. The van der Waals surface area contributed by atoms with Crippen LogP contribution in [0.25, 0.3) is 15.7 Å². The van der Waals surface area contributed by atoms with Gasteiger partial charge in [-0.2, -0.15) is 0 Å². The number of allylic oxidation sites excluding steroid dienone is 1. The van der Waals surface area contributed by atoms with Crippen LogP contribution in [-0.2, 0) is 11.3 Å².